The van der Waals surface area contributed by atoms with Crippen LogP contribution in [-0.4, -0.2) is 16.1 Å². The van der Waals surface area contributed by atoms with E-state index in [1.807, 2.05) is 6.08 Å². The first-order valence-corrected chi connectivity index (χ1v) is 6.37. The molecule has 0 nitrogen and oxygen atoms in total. The van der Waals surface area contributed by atoms with Crippen molar-refractivity contribution in [1.29, 1.82) is 0 Å². The van der Waals surface area contributed by atoms with E-state index in [1.165, 1.54) is 37.2 Å². The first-order chi connectivity index (χ1) is 5.43. The minimum Gasteiger partial charge on any atom is -0.148 e. The van der Waals surface area contributed by atoms with E-state index in [0.29, 0.717) is 0 Å². The van der Waals surface area contributed by atoms with Gasteiger partial charge in [0.05, 0.1) is 4.58 Å². The number of hydrogen-bond acceptors (Lipinski definition) is 2. The van der Waals surface area contributed by atoms with Gasteiger partial charge in [-0.05, 0) is 37.2 Å². The number of hydrogen-bond donors (Lipinski definition) is 0. The number of rotatable bonds is 4. The van der Waals surface area contributed by atoms with Crippen LogP contribution in [0.2, 0.25) is 0 Å². The van der Waals surface area contributed by atoms with Gasteiger partial charge in [-0.3, -0.25) is 0 Å². The van der Waals surface area contributed by atoms with Gasteiger partial charge in [-0.25, -0.2) is 0 Å². The molecule has 0 aromatic heterocycles. The molecule has 64 valence electrons. The summed E-state index contributed by atoms with van der Waals surface area (Å²) in [6.45, 7) is 3.73. The summed E-state index contributed by atoms with van der Waals surface area (Å²) in [5.74, 6) is 2.76. The molecule has 2 heteroatoms. The van der Waals surface area contributed by atoms with Crippen molar-refractivity contribution in [2.24, 2.45) is 0 Å². The van der Waals surface area contributed by atoms with Gasteiger partial charge in [0.1, 0.15) is 0 Å². The molecule has 0 aliphatic carbocycles. The molecule has 0 amide bonds. The zero-order valence-electron chi connectivity index (χ0n) is 6.92. The lowest BCUT2D eigenvalue weighted by atomic mass is 10.2. The van der Waals surface area contributed by atoms with Gasteiger partial charge in [0, 0.05) is 0 Å². The zero-order chi connectivity index (χ0) is 7.94. The summed E-state index contributed by atoms with van der Waals surface area (Å²) in [5.41, 5.74) is 0. The summed E-state index contributed by atoms with van der Waals surface area (Å²) in [7, 11) is 0. The summed E-state index contributed by atoms with van der Waals surface area (Å²) < 4.78 is 0.892. The molecule has 0 bridgehead atoms. The lowest BCUT2D eigenvalue weighted by Gasteiger charge is -2.20. The summed E-state index contributed by atoms with van der Waals surface area (Å²) in [4.78, 5) is 0. The Kier molecular flexibility index (Phi) is 5.21. The molecular formula is C9H16S2. The predicted molar refractivity (Wildman–Crippen MR) is 57.4 cm³/mol. The van der Waals surface area contributed by atoms with Crippen molar-refractivity contribution in [3.8, 4) is 0 Å². The molecule has 1 heterocycles. The monoisotopic (exact) mass is 188 g/mol. The van der Waals surface area contributed by atoms with E-state index in [0.717, 1.165) is 4.58 Å². The lowest BCUT2D eigenvalue weighted by Crippen LogP contribution is -2.05. The Labute approximate surface area is 78.2 Å². The average Bonchev–Trinajstić information content (AvgIpc) is 2.07. The topological polar surface area (TPSA) is 0 Å². The zero-order valence-corrected chi connectivity index (χ0v) is 8.55. The highest BCUT2D eigenvalue weighted by Crippen LogP contribution is 2.33. The van der Waals surface area contributed by atoms with Gasteiger partial charge in [-0.1, -0.05) is 6.08 Å². The smallest absolute Gasteiger partial charge is 0.0502 e. The molecule has 1 aliphatic rings. The van der Waals surface area contributed by atoms with E-state index in [9.17, 15) is 0 Å². The van der Waals surface area contributed by atoms with Crippen LogP contribution in [0.1, 0.15) is 25.7 Å². The van der Waals surface area contributed by atoms with Crippen molar-refractivity contribution in [2.45, 2.75) is 30.3 Å². The molecule has 0 N–H and O–H groups in total. The Morgan fingerprint density at radius 2 is 2.09 bits per heavy atom. The normalized spacial score (nSPS) is 20.0. The highest BCUT2D eigenvalue weighted by Gasteiger charge is 2.12. The minimum atomic E-state index is 0.892. The maximum absolute atomic E-state index is 3.73. The lowest BCUT2D eigenvalue weighted by molar-refractivity contribution is 0.801. The van der Waals surface area contributed by atoms with Gasteiger partial charge >= 0.3 is 0 Å². The highest BCUT2D eigenvalue weighted by atomic mass is 32.2. The van der Waals surface area contributed by atoms with E-state index in [1.54, 1.807) is 0 Å². The quantitative estimate of drug-likeness (QED) is 0.489. The number of allylic oxidation sites excluding steroid dienone is 1. The molecule has 1 aliphatic heterocycles. The molecule has 0 saturated carbocycles. The van der Waals surface area contributed by atoms with E-state index in [2.05, 4.69) is 30.1 Å². The van der Waals surface area contributed by atoms with Crippen molar-refractivity contribution < 1.29 is 0 Å². The fourth-order valence-electron chi connectivity index (χ4n) is 1.13. The molecule has 1 fully saturated rings. The van der Waals surface area contributed by atoms with E-state index in [-0.39, 0.29) is 0 Å². The van der Waals surface area contributed by atoms with Gasteiger partial charge in [0.2, 0.25) is 0 Å². The van der Waals surface area contributed by atoms with E-state index >= 15 is 0 Å². The van der Waals surface area contributed by atoms with Crippen LogP contribution >= 0.6 is 23.5 Å². The third-order valence-corrected chi connectivity index (χ3v) is 4.82. The van der Waals surface area contributed by atoms with E-state index < -0.39 is 0 Å². The van der Waals surface area contributed by atoms with Gasteiger partial charge in [0.15, 0.2) is 0 Å². The van der Waals surface area contributed by atoms with Crippen molar-refractivity contribution in [2.75, 3.05) is 11.5 Å². The Bertz CT molecular complexity index is 106. The number of unbranched alkanes of at least 4 members (excludes halogenated alkanes) is 1. The van der Waals surface area contributed by atoms with Gasteiger partial charge in [-0.15, -0.1) is 30.1 Å². The average molecular weight is 188 g/mol. The van der Waals surface area contributed by atoms with E-state index in [4.69, 9.17) is 0 Å². The Hall–Kier alpha value is 0.440. The molecular weight excluding hydrogens is 172 g/mol. The molecule has 1 saturated heterocycles. The highest BCUT2D eigenvalue weighted by molar-refractivity contribution is 8.17. The fourth-order valence-corrected chi connectivity index (χ4v) is 4.09. The largest absolute Gasteiger partial charge is 0.148 e. The summed E-state index contributed by atoms with van der Waals surface area (Å²) in [6.07, 6.45) is 7.33. The van der Waals surface area contributed by atoms with Gasteiger partial charge < -0.3 is 0 Å². The third kappa shape index (κ3) is 4.12. The second-order valence-electron chi connectivity index (χ2n) is 2.74. The molecule has 0 radical (unpaired) electrons. The van der Waals surface area contributed by atoms with Crippen molar-refractivity contribution in [3.63, 3.8) is 0 Å². The standard InChI is InChI=1S/C9H16S2/c1-2-3-4-6-9-10-7-5-8-11-9/h2,9H,1,3-8H2. The second-order valence-corrected chi connectivity index (χ2v) is 5.66. The molecule has 0 aromatic carbocycles. The van der Waals surface area contributed by atoms with Crippen LogP contribution < -0.4 is 0 Å². The molecule has 0 spiro atoms. The maximum atomic E-state index is 3.73. The van der Waals surface area contributed by atoms with Crippen LogP contribution in [-0.2, 0) is 0 Å². The molecule has 0 atom stereocenters. The van der Waals surface area contributed by atoms with Crippen LogP contribution in [0, 0.1) is 0 Å². The van der Waals surface area contributed by atoms with Crippen LogP contribution in [0.3, 0.4) is 0 Å². The maximum Gasteiger partial charge on any atom is 0.0502 e. The second kappa shape index (κ2) is 6.01. The van der Waals surface area contributed by atoms with Gasteiger partial charge in [0.25, 0.3) is 0 Å². The summed E-state index contributed by atoms with van der Waals surface area (Å²) in [6, 6.07) is 0. The summed E-state index contributed by atoms with van der Waals surface area (Å²) in [5, 5.41) is 0. The molecule has 0 aromatic rings. The Morgan fingerprint density at radius 3 is 2.73 bits per heavy atom. The van der Waals surface area contributed by atoms with Crippen molar-refractivity contribution in [3.05, 3.63) is 12.7 Å². The van der Waals surface area contributed by atoms with Crippen molar-refractivity contribution in [1.82, 2.24) is 0 Å². The third-order valence-electron chi connectivity index (χ3n) is 1.74. The van der Waals surface area contributed by atoms with Crippen LogP contribution in [0.4, 0.5) is 0 Å². The predicted octanol–water partition coefficient (Wildman–Crippen LogP) is 3.54. The first-order valence-electron chi connectivity index (χ1n) is 4.27. The Morgan fingerprint density at radius 1 is 1.36 bits per heavy atom. The van der Waals surface area contributed by atoms with Crippen LogP contribution in [0.15, 0.2) is 12.7 Å². The molecule has 11 heavy (non-hydrogen) atoms. The van der Waals surface area contributed by atoms with Gasteiger partial charge in [-0.2, -0.15) is 0 Å². The minimum absolute atomic E-state index is 0.892. The molecule has 0 unspecified atom stereocenters. The molecule has 1 rings (SSSR count). The fraction of sp³-hybridized carbons (Fsp3) is 0.778. The number of thioether (sulfide) groups is 2. The Balaban J connectivity index is 2.00. The SMILES string of the molecule is C=CCCCC1SCCCS1. The van der Waals surface area contributed by atoms with Crippen LogP contribution in [0.25, 0.3) is 0 Å². The first kappa shape index (κ1) is 9.53. The van der Waals surface area contributed by atoms with Crippen LogP contribution in [0.5, 0.6) is 0 Å². The van der Waals surface area contributed by atoms with Crippen molar-refractivity contribution >= 4 is 23.5 Å². The summed E-state index contributed by atoms with van der Waals surface area (Å²) >= 11 is 4.28.